The Balaban J connectivity index is 1.89. The lowest BCUT2D eigenvalue weighted by Crippen LogP contribution is -2.07. The van der Waals surface area contributed by atoms with Crippen molar-refractivity contribution in [2.75, 3.05) is 0 Å². The second kappa shape index (κ2) is 4.74. The number of ether oxygens (including phenoxy) is 1. The van der Waals surface area contributed by atoms with E-state index in [9.17, 15) is 0 Å². The van der Waals surface area contributed by atoms with Gasteiger partial charge in [-0.15, -0.1) is 0 Å². The van der Waals surface area contributed by atoms with Gasteiger partial charge in [0.1, 0.15) is 17.9 Å². The summed E-state index contributed by atoms with van der Waals surface area (Å²) in [5, 5.41) is 1.11. The Morgan fingerprint density at radius 2 is 1.86 bits per heavy atom. The second-order valence-electron chi connectivity index (χ2n) is 5.36. The summed E-state index contributed by atoms with van der Waals surface area (Å²) in [6.07, 6.45) is 2.60. The molecular formula is C19H15NO. The zero-order chi connectivity index (χ0) is 14.2. The van der Waals surface area contributed by atoms with Crippen LogP contribution in [0, 0.1) is 0 Å². The highest BCUT2D eigenvalue weighted by atomic mass is 16.5. The SMILES string of the molecule is C=C1Cc2ccc3cccnc3c2OCc2ccccc21. The van der Waals surface area contributed by atoms with E-state index < -0.39 is 0 Å². The number of fused-ring (bicyclic) bond motifs is 4. The van der Waals surface area contributed by atoms with Gasteiger partial charge in [0.25, 0.3) is 0 Å². The highest BCUT2D eigenvalue weighted by molar-refractivity contribution is 5.87. The Hall–Kier alpha value is -2.61. The van der Waals surface area contributed by atoms with Crippen molar-refractivity contribution in [1.29, 1.82) is 0 Å². The summed E-state index contributed by atoms with van der Waals surface area (Å²) in [5.74, 6) is 0.892. The lowest BCUT2D eigenvalue weighted by atomic mass is 9.93. The topological polar surface area (TPSA) is 22.1 Å². The van der Waals surface area contributed by atoms with E-state index in [1.165, 1.54) is 11.1 Å². The summed E-state index contributed by atoms with van der Waals surface area (Å²) >= 11 is 0. The molecule has 0 N–H and O–H groups in total. The maximum atomic E-state index is 6.11. The number of benzene rings is 2. The van der Waals surface area contributed by atoms with Crippen molar-refractivity contribution < 1.29 is 4.74 Å². The molecule has 1 aromatic heterocycles. The van der Waals surface area contributed by atoms with Gasteiger partial charge in [-0.25, -0.2) is 0 Å². The summed E-state index contributed by atoms with van der Waals surface area (Å²) < 4.78 is 6.11. The minimum Gasteiger partial charge on any atom is -0.486 e. The molecule has 0 atom stereocenters. The third-order valence-corrected chi connectivity index (χ3v) is 3.98. The van der Waals surface area contributed by atoms with Crippen LogP contribution in [0.5, 0.6) is 5.75 Å². The standard InChI is InChI=1S/C19H15NO/c1-13-11-15-9-8-14-6-4-10-20-18(14)19(15)21-12-16-5-2-3-7-17(13)16/h2-10H,1,11-12H2. The van der Waals surface area contributed by atoms with Gasteiger partial charge >= 0.3 is 0 Å². The zero-order valence-corrected chi connectivity index (χ0v) is 11.7. The van der Waals surface area contributed by atoms with Crippen LogP contribution in [0.25, 0.3) is 16.5 Å². The van der Waals surface area contributed by atoms with Crippen LogP contribution >= 0.6 is 0 Å². The number of aromatic nitrogens is 1. The minimum absolute atomic E-state index is 0.553. The summed E-state index contributed by atoms with van der Waals surface area (Å²) in [4.78, 5) is 4.49. The van der Waals surface area contributed by atoms with Gasteiger partial charge in [0.15, 0.2) is 0 Å². The first-order valence-corrected chi connectivity index (χ1v) is 7.08. The molecule has 0 fully saturated rings. The lowest BCUT2D eigenvalue weighted by molar-refractivity contribution is 0.305. The van der Waals surface area contributed by atoms with Crippen LogP contribution in [-0.4, -0.2) is 4.98 Å². The smallest absolute Gasteiger partial charge is 0.149 e. The molecule has 102 valence electrons. The van der Waals surface area contributed by atoms with E-state index >= 15 is 0 Å². The van der Waals surface area contributed by atoms with Crippen molar-refractivity contribution in [3.8, 4) is 5.75 Å². The molecule has 0 bridgehead atoms. The van der Waals surface area contributed by atoms with Crippen LogP contribution in [-0.2, 0) is 13.0 Å². The maximum absolute atomic E-state index is 6.11. The van der Waals surface area contributed by atoms with Crippen molar-refractivity contribution in [2.45, 2.75) is 13.0 Å². The average Bonchev–Trinajstić information content (AvgIpc) is 2.52. The maximum Gasteiger partial charge on any atom is 0.149 e. The van der Waals surface area contributed by atoms with Crippen molar-refractivity contribution >= 4 is 16.5 Å². The third kappa shape index (κ3) is 2.00. The average molecular weight is 273 g/mol. The Bertz CT molecular complexity index is 851. The quantitative estimate of drug-likeness (QED) is 0.606. The van der Waals surface area contributed by atoms with Crippen molar-refractivity contribution in [3.05, 3.63) is 78.0 Å². The largest absolute Gasteiger partial charge is 0.486 e. The van der Waals surface area contributed by atoms with Crippen LogP contribution in [0.3, 0.4) is 0 Å². The predicted octanol–water partition coefficient (Wildman–Crippen LogP) is 4.38. The van der Waals surface area contributed by atoms with Crippen molar-refractivity contribution in [3.63, 3.8) is 0 Å². The molecule has 0 radical (unpaired) electrons. The van der Waals surface area contributed by atoms with Crippen LogP contribution in [0.15, 0.2) is 61.3 Å². The van der Waals surface area contributed by atoms with Gasteiger partial charge in [-0.1, -0.05) is 49.0 Å². The molecular weight excluding hydrogens is 258 g/mol. The van der Waals surface area contributed by atoms with Gasteiger partial charge in [0, 0.05) is 23.6 Å². The van der Waals surface area contributed by atoms with Gasteiger partial charge in [0.2, 0.25) is 0 Å². The normalized spacial score (nSPS) is 13.8. The molecule has 1 aliphatic heterocycles. The Morgan fingerprint density at radius 1 is 0.952 bits per heavy atom. The first-order chi connectivity index (χ1) is 10.3. The molecule has 0 saturated heterocycles. The van der Waals surface area contributed by atoms with Crippen molar-refractivity contribution in [1.82, 2.24) is 4.98 Å². The highest BCUT2D eigenvalue weighted by Crippen LogP contribution is 2.35. The summed E-state index contributed by atoms with van der Waals surface area (Å²) in [6, 6.07) is 16.5. The number of nitrogens with zero attached hydrogens (tertiary/aromatic N) is 1. The minimum atomic E-state index is 0.553. The third-order valence-electron chi connectivity index (χ3n) is 3.98. The molecule has 21 heavy (non-hydrogen) atoms. The van der Waals surface area contributed by atoms with E-state index in [0.29, 0.717) is 6.61 Å². The molecule has 1 aliphatic rings. The first kappa shape index (κ1) is 12.2. The van der Waals surface area contributed by atoms with Gasteiger partial charge in [-0.3, -0.25) is 4.98 Å². The molecule has 2 heteroatoms. The van der Waals surface area contributed by atoms with Gasteiger partial charge in [-0.2, -0.15) is 0 Å². The predicted molar refractivity (Wildman–Crippen MR) is 85.3 cm³/mol. The Morgan fingerprint density at radius 3 is 2.81 bits per heavy atom. The van der Waals surface area contributed by atoms with E-state index in [4.69, 9.17) is 4.74 Å². The van der Waals surface area contributed by atoms with E-state index in [1.54, 1.807) is 0 Å². The van der Waals surface area contributed by atoms with Crippen LogP contribution in [0.4, 0.5) is 0 Å². The van der Waals surface area contributed by atoms with E-state index in [0.717, 1.165) is 34.2 Å². The van der Waals surface area contributed by atoms with Gasteiger partial charge in [0.05, 0.1) is 0 Å². The summed E-state index contributed by atoms with van der Waals surface area (Å²) in [5.41, 5.74) is 5.60. The fraction of sp³-hybridized carbons (Fsp3) is 0.105. The first-order valence-electron chi connectivity index (χ1n) is 7.08. The number of rotatable bonds is 0. The number of allylic oxidation sites excluding steroid dienone is 1. The molecule has 0 aliphatic carbocycles. The number of hydrogen-bond donors (Lipinski definition) is 0. The molecule has 2 aromatic carbocycles. The van der Waals surface area contributed by atoms with Crippen molar-refractivity contribution in [2.24, 2.45) is 0 Å². The molecule has 0 amide bonds. The van der Waals surface area contributed by atoms with Crippen LogP contribution < -0.4 is 4.74 Å². The van der Waals surface area contributed by atoms with Crippen LogP contribution in [0.1, 0.15) is 16.7 Å². The summed E-state index contributed by atoms with van der Waals surface area (Å²) in [6.45, 7) is 4.81. The highest BCUT2D eigenvalue weighted by Gasteiger charge is 2.17. The molecule has 4 rings (SSSR count). The molecule has 0 saturated carbocycles. The Labute approximate surface area is 123 Å². The summed E-state index contributed by atoms with van der Waals surface area (Å²) in [7, 11) is 0. The van der Waals surface area contributed by atoms with Gasteiger partial charge in [-0.05, 0) is 22.8 Å². The monoisotopic (exact) mass is 273 g/mol. The van der Waals surface area contributed by atoms with E-state index in [2.05, 4.69) is 48.0 Å². The fourth-order valence-corrected chi connectivity index (χ4v) is 2.93. The molecule has 0 unspecified atom stereocenters. The fourth-order valence-electron chi connectivity index (χ4n) is 2.93. The molecule has 0 spiro atoms. The second-order valence-corrected chi connectivity index (χ2v) is 5.36. The molecule has 2 heterocycles. The Kier molecular flexibility index (Phi) is 2.74. The number of pyridine rings is 1. The molecule has 3 aromatic rings. The molecule has 2 nitrogen and oxygen atoms in total. The lowest BCUT2D eigenvalue weighted by Gasteiger charge is -2.20. The van der Waals surface area contributed by atoms with Gasteiger partial charge < -0.3 is 4.74 Å². The van der Waals surface area contributed by atoms with E-state index in [-0.39, 0.29) is 0 Å². The van der Waals surface area contributed by atoms with Crippen LogP contribution in [0.2, 0.25) is 0 Å². The zero-order valence-electron chi connectivity index (χ0n) is 11.7. The number of hydrogen-bond acceptors (Lipinski definition) is 2. The van der Waals surface area contributed by atoms with E-state index in [1.807, 2.05) is 18.3 Å².